The average Bonchev–Trinajstić information content (AvgIpc) is 3.29. The monoisotopic (exact) mass is 448 g/mol. The zero-order valence-corrected chi connectivity index (χ0v) is 18.1. The van der Waals surface area contributed by atoms with Crippen LogP contribution >= 0.6 is 22.9 Å². The molecule has 5 rings (SSSR count). The van der Waals surface area contributed by atoms with Crippen molar-refractivity contribution in [1.82, 2.24) is 9.38 Å². The number of fused-ring (bicyclic) bond motifs is 3. The Morgan fingerprint density at radius 2 is 1.94 bits per heavy atom. The van der Waals surface area contributed by atoms with Crippen molar-refractivity contribution in [2.45, 2.75) is 6.61 Å². The molecule has 0 radical (unpaired) electrons. The minimum atomic E-state index is -0.0750. The van der Waals surface area contributed by atoms with Crippen LogP contribution in [0.1, 0.15) is 11.1 Å². The summed E-state index contributed by atoms with van der Waals surface area (Å²) in [7, 11) is 1.59. The van der Waals surface area contributed by atoms with Gasteiger partial charge in [-0.15, -0.1) is 0 Å². The first kappa shape index (κ1) is 19.6. The molecular weight excluding hydrogens is 432 g/mol. The van der Waals surface area contributed by atoms with E-state index in [1.807, 2.05) is 72.8 Å². The van der Waals surface area contributed by atoms with Crippen LogP contribution in [0.15, 0.2) is 71.5 Å². The molecule has 0 amide bonds. The molecule has 0 aliphatic heterocycles. The summed E-state index contributed by atoms with van der Waals surface area (Å²) < 4.78 is 13.7. The third-order valence-corrected chi connectivity index (χ3v) is 6.12. The maximum Gasteiger partial charge on any atom is 0.274 e. The first-order valence-electron chi connectivity index (χ1n) is 9.59. The molecule has 3 aromatic carbocycles. The highest BCUT2D eigenvalue weighted by Gasteiger charge is 2.11. The number of hydrogen-bond donors (Lipinski definition) is 0. The number of halogens is 1. The van der Waals surface area contributed by atoms with Crippen LogP contribution < -0.4 is 19.6 Å². The normalized spacial score (nSPS) is 12.0. The van der Waals surface area contributed by atoms with Gasteiger partial charge in [0.25, 0.3) is 5.56 Å². The number of thiazole rings is 1. The molecule has 5 aromatic rings. The fraction of sp³-hybridized carbons (Fsp3) is 0.0833. The quantitative estimate of drug-likeness (QED) is 0.391. The molecule has 0 spiro atoms. The minimum Gasteiger partial charge on any atom is -0.493 e. The summed E-state index contributed by atoms with van der Waals surface area (Å²) in [5, 5.41) is 0.668. The maximum atomic E-state index is 13.0. The van der Waals surface area contributed by atoms with Gasteiger partial charge in [0.05, 0.1) is 22.7 Å². The van der Waals surface area contributed by atoms with Crippen LogP contribution in [0.2, 0.25) is 5.02 Å². The van der Waals surface area contributed by atoms with Crippen molar-refractivity contribution in [2.75, 3.05) is 7.11 Å². The molecule has 0 saturated heterocycles. The molecule has 0 fully saturated rings. The van der Waals surface area contributed by atoms with Crippen molar-refractivity contribution in [2.24, 2.45) is 0 Å². The number of methoxy groups -OCH3 is 1. The van der Waals surface area contributed by atoms with E-state index in [-0.39, 0.29) is 5.56 Å². The third kappa shape index (κ3) is 3.76. The SMILES string of the molecule is COc1cc(C=c2sc3nc4ccccc4n3c2=O)ccc1OCc1cccc(Cl)c1. The highest BCUT2D eigenvalue weighted by atomic mass is 35.5. The summed E-state index contributed by atoms with van der Waals surface area (Å²) in [4.78, 5) is 18.2. The van der Waals surface area contributed by atoms with Gasteiger partial charge in [-0.25, -0.2) is 9.38 Å². The van der Waals surface area contributed by atoms with E-state index in [1.54, 1.807) is 11.5 Å². The van der Waals surface area contributed by atoms with Crippen LogP contribution in [-0.4, -0.2) is 16.5 Å². The summed E-state index contributed by atoms with van der Waals surface area (Å²) >= 11 is 7.40. The van der Waals surface area contributed by atoms with Crippen LogP contribution in [0.4, 0.5) is 0 Å². The van der Waals surface area contributed by atoms with Crippen LogP contribution in [-0.2, 0) is 6.61 Å². The summed E-state index contributed by atoms with van der Waals surface area (Å²) in [6.45, 7) is 0.375. The summed E-state index contributed by atoms with van der Waals surface area (Å²) in [6.07, 6.45) is 1.85. The van der Waals surface area contributed by atoms with E-state index in [1.165, 1.54) is 11.3 Å². The summed E-state index contributed by atoms with van der Waals surface area (Å²) in [5.41, 5.74) is 3.38. The van der Waals surface area contributed by atoms with E-state index >= 15 is 0 Å². The Bertz CT molecular complexity index is 1520. The molecule has 0 atom stereocenters. The van der Waals surface area contributed by atoms with Gasteiger partial charge in [-0.2, -0.15) is 0 Å². The van der Waals surface area contributed by atoms with Crippen molar-refractivity contribution in [1.29, 1.82) is 0 Å². The number of hydrogen-bond acceptors (Lipinski definition) is 5. The van der Waals surface area contributed by atoms with Crippen molar-refractivity contribution in [3.05, 3.63) is 97.8 Å². The number of ether oxygens (including phenoxy) is 2. The first-order chi connectivity index (χ1) is 15.1. The maximum absolute atomic E-state index is 13.0. The molecule has 7 heteroatoms. The van der Waals surface area contributed by atoms with Gasteiger partial charge in [0.1, 0.15) is 6.61 Å². The average molecular weight is 449 g/mol. The molecule has 0 saturated carbocycles. The highest BCUT2D eigenvalue weighted by Crippen LogP contribution is 2.29. The Kier molecular flexibility index (Phi) is 5.10. The zero-order valence-electron chi connectivity index (χ0n) is 16.5. The second-order valence-electron chi connectivity index (χ2n) is 6.96. The molecule has 5 nitrogen and oxygen atoms in total. The largest absolute Gasteiger partial charge is 0.493 e. The Morgan fingerprint density at radius 1 is 1.06 bits per heavy atom. The fourth-order valence-corrected chi connectivity index (χ4v) is 4.64. The van der Waals surface area contributed by atoms with Gasteiger partial charge in [-0.3, -0.25) is 4.79 Å². The molecule has 154 valence electrons. The number of rotatable bonds is 5. The lowest BCUT2D eigenvalue weighted by atomic mass is 10.2. The summed E-state index contributed by atoms with van der Waals surface area (Å²) in [5.74, 6) is 1.21. The lowest BCUT2D eigenvalue weighted by Crippen LogP contribution is -2.22. The zero-order chi connectivity index (χ0) is 21.4. The summed E-state index contributed by atoms with van der Waals surface area (Å²) in [6, 6.07) is 20.8. The Hall–Kier alpha value is -3.35. The lowest BCUT2D eigenvalue weighted by molar-refractivity contribution is 0.284. The van der Waals surface area contributed by atoms with E-state index < -0.39 is 0 Å². The first-order valence-corrected chi connectivity index (χ1v) is 10.8. The Labute approximate surface area is 186 Å². The smallest absolute Gasteiger partial charge is 0.274 e. The molecular formula is C24H17ClN2O3S. The van der Waals surface area contributed by atoms with Gasteiger partial charge in [0.2, 0.25) is 0 Å². The highest BCUT2D eigenvalue weighted by molar-refractivity contribution is 7.15. The molecule has 31 heavy (non-hydrogen) atoms. The van der Waals surface area contributed by atoms with E-state index in [2.05, 4.69) is 4.98 Å². The van der Waals surface area contributed by atoms with Gasteiger partial charge in [0, 0.05) is 5.02 Å². The van der Waals surface area contributed by atoms with E-state index in [0.717, 1.165) is 22.2 Å². The lowest BCUT2D eigenvalue weighted by Gasteiger charge is -2.11. The number of imidazole rings is 1. The van der Waals surface area contributed by atoms with Crippen molar-refractivity contribution in [3.8, 4) is 11.5 Å². The molecule has 2 aromatic heterocycles. The number of nitrogens with zero attached hydrogens (tertiary/aromatic N) is 2. The predicted octanol–water partition coefficient (Wildman–Crippen LogP) is 4.70. The molecule has 0 aliphatic carbocycles. The van der Waals surface area contributed by atoms with Gasteiger partial charge in [-0.05, 0) is 53.6 Å². The Balaban J connectivity index is 1.47. The van der Waals surface area contributed by atoms with E-state index in [9.17, 15) is 4.79 Å². The van der Waals surface area contributed by atoms with Gasteiger partial charge in [-0.1, -0.05) is 53.3 Å². The number of benzene rings is 3. The topological polar surface area (TPSA) is 52.8 Å². The number of para-hydroxylation sites is 2. The van der Waals surface area contributed by atoms with Crippen LogP contribution in [0, 0.1) is 0 Å². The molecule has 0 aliphatic rings. The second-order valence-corrected chi connectivity index (χ2v) is 8.41. The van der Waals surface area contributed by atoms with Gasteiger partial charge >= 0.3 is 0 Å². The van der Waals surface area contributed by atoms with Crippen molar-refractivity contribution >= 4 is 45.0 Å². The van der Waals surface area contributed by atoms with Gasteiger partial charge < -0.3 is 9.47 Å². The van der Waals surface area contributed by atoms with E-state index in [0.29, 0.717) is 32.6 Å². The van der Waals surface area contributed by atoms with Crippen LogP contribution in [0.25, 0.3) is 22.1 Å². The van der Waals surface area contributed by atoms with Crippen molar-refractivity contribution in [3.63, 3.8) is 0 Å². The second kappa shape index (κ2) is 8.06. The van der Waals surface area contributed by atoms with Crippen molar-refractivity contribution < 1.29 is 9.47 Å². The predicted molar refractivity (Wildman–Crippen MR) is 124 cm³/mol. The Morgan fingerprint density at radius 3 is 2.77 bits per heavy atom. The third-order valence-electron chi connectivity index (χ3n) is 4.91. The molecule has 0 bridgehead atoms. The number of aromatic nitrogens is 2. The van der Waals surface area contributed by atoms with Gasteiger partial charge in [0.15, 0.2) is 16.5 Å². The fourth-order valence-electron chi connectivity index (χ4n) is 3.44. The van der Waals surface area contributed by atoms with Crippen LogP contribution in [0.5, 0.6) is 11.5 Å². The standard InChI is InChI=1S/C24H17ClN2O3S/c1-29-21-12-15(9-10-20(21)30-14-16-5-4-6-17(25)11-16)13-22-23(28)27-19-8-3-2-7-18(19)26-24(27)31-22/h2-13H,14H2,1H3. The molecule has 0 N–H and O–H groups in total. The van der Waals surface area contributed by atoms with E-state index in [4.69, 9.17) is 21.1 Å². The molecule has 2 heterocycles. The molecule has 0 unspecified atom stereocenters. The van der Waals surface area contributed by atoms with Crippen LogP contribution in [0.3, 0.4) is 0 Å². The minimum absolute atomic E-state index is 0.0750.